The van der Waals surface area contributed by atoms with Crippen LogP contribution in [0.4, 0.5) is 5.69 Å². The van der Waals surface area contributed by atoms with Crippen molar-refractivity contribution in [1.82, 2.24) is 15.1 Å². The number of amides is 2. The smallest absolute Gasteiger partial charge is 0.261 e. The van der Waals surface area contributed by atoms with Gasteiger partial charge in [0.15, 0.2) is 0 Å². The molecular weight excluding hydrogens is 304 g/mol. The van der Waals surface area contributed by atoms with E-state index >= 15 is 0 Å². The van der Waals surface area contributed by atoms with Gasteiger partial charge in [-0.1, -0.05) is 12.1 Å². The van der Waals surface area contributed by atoms with Crippen LogP contribution in [0, 0.1) is 0 Å². The number of hydrogen-bond donors (Lipinski definition) is 2. The van der Waals surface area contributed by atoms with Gasteiger partial charge in [0, 0.05) is 66.9 Å². The molecule has 2 aromatic rings. The lowest BCUT2D eigenvalue weighted by molar-refractivity contribution is 0.0590. The third-order valence-corrected chi connectivity index (χ3v) is 4.87. The minimum Gasteiger partial charge on any atom is -0.398 e. The molecule has 1 fully saturated rings. The van der Waals surface area contributed by atoms with Crippen LogP contribution in [0.2, 0.25) is 0 Å². The normalized spacial score (nSPS) is 18.4. The van der Waals surface area contributed by atoms with Gasteiger partial charge in [-0.2, -0.15) is 0 Å². The summed E-state index contributed by atoms with van der Waals surface area (Å²) in [5.41, 5.74) is 7.72. The van der Waals surface area contributed by atoms with E-state index in [2.05, 4.69) is 10.2 Å². The summed E-state index contributed by atoms with van der Waals surface area (Å²) in [6, 6.07) is 8.92. The zero-order valence-electron chi connectivity index (χ0n) is 13.4. The van der Waals surface area contributed by atoms with E-state index in [0.29, 0.717) is 35.3 Å². The van der Waals surface area contributed by atoms with Gasteiger partial charge in [-0.25, -0.2) is 0 Å². The Kier molecular flexibility index (Phi) is 3.70. The molecule has 0 spiro atoms. The van der Waals surface area contributed by atoms with Gasteiger partial charge < -0.3 is 11.1 Å². The van der Waals surface area contributed by atoms with Crippen molar-refractivity contribution in [3.8, 4) is 0 Å². The van der Waals surface area contributed by atoms with E-state index in [4.69, 9.17) is 5.73 Å². The Bertz CT molecular complexity index is 805. The van der Waals surface area contributed by atoms with E-state index in [0.717, 1.165) is 31.6 Å². The lowest BCUT2D eigenvalue weighted by atomic mass is 9.93. The molecule has 3 N–H and O–H groups in total. The summed E-state index contributed by atoms with van der Waals surface area (Å²) in [6.07, 6.45) is 0. The predicted octanol–water partition coefficient (Wildman–Crippen LogP) is 0.923. The molecule has 0 aromatic heterocycles. The second-order valence-corrected chi connectivity index (χ2v) is 6.28. The molecule has 2 amide bonds. The van der Waals surface area contributed by atoms with Crippen molar-refractivity contribution in [2.45, 2.75) is 0 Å². The monoisotopic (exact) mass is 324 g/mol. The Labute approximate surface area is 140 Å². The van der Waals surface area contributed by atoms with Crippen molar-refractivity contribution in [3.05, 3.63) is 41.5 Å². The molecule has 1 saturated heterocycles. The lowest BCUT2D eigenvalue weighted by Gasteiger charge is -2.32. The van der Waals surface area contributed by atoms with Gasteiger partial charge in [0.1, 0.15) is 0 Å². The van der Waals surface area contributed by atoms with Crippen LogP contribution < -0.4 is 11.1 Å². The molecule has 0 bridgehead atoms. The van der Waals surface area contributed by atoms with Gasteiger partial charge in [-0.3, -0.25) is 19.4 Å². The molecule has 2 aliphatic rings. The summed E-state index contributed by atoms with van der Waals surface area (Å²) >= 11 is 0. The number of nitrogen functional groups attached to an aromatic ring is 1. The van der Waals surface area contributed by atoms with E-state index in [9.17, 15) is 9.59 Å². The summed E-state index contributed by atoms with van der Waals surface area (Å²) < 4.78 is 0. The average Bonchev–Trinajstić information content (AvgIpc) is 2.61. The van der Waals surface area contributed by atoms with Crippen LogP contribution >= 0.6 is 0 Å². The number of imide groups is 1. The molecule has 0 unspecified atom stereocenters. The molecule has 6 heteroatoms. The van der Waals surface area contributed by atoms with Crippen LogP contribution in [0.1, 0.15) is 20.7 Å². The number of nitrogens with two attached hydrogens (primary N) is 1. The Morgan fingerprint density at radius 3 is 2.42 bits per heavy atom. The van der Waals surface area contributed by atoms with E-state index in [-0.39, 0.29) is 11.8 Å². The standard InChI is InChI=1S/C18H20N4O2/c19-15-5-4-14-16-12(15)2-1-3-13(16)17(23)22(18(14)24)11-10-21-8-6-20-7-9-21/h1-5,20H,6-11,19H2. The Hall–Kier alpha value is -2.44. The minimum atomic E-state index is -0.223. The maximum Gasteiger partial charge on any atom is 0.261 e. The zero-order valence-corrected chi connectivity index (χ0v) is 13.4. The fourth-order valence-corrected chi connectivity index (χ4v) is 3.55. The Morgan fingerprint density at radius 1 is 0.958 bits per heavy atom. The molecule has 6 nitrogen and oxygen atoms in total. The molecular formula is C18H20N4O2. The summed E-state index contributed by atoms with van der Waals surface area (Å²) in [6.45, 7) is 4.90. The van der Waals surface area contributed by atoms with E-state index in [1.165, 1.54) is 4.90 Å². The van der Waals surface area contributed by atoms with Crippen LogP contribution in [0.5, 0.6) is 0 Å². The quantitative estimate of drug-likeness (QED) is 0.648. The van der Waals surface area contributed by atoms with Crippen molar-refractivity contribution in [2.75, 3.05) is 45.0 Å². The summed E-state index contributed by atoms with van der Waals surface area (Å²) in [5.74, 6) is -0.447. The molecule has 0 atom stereocenters. The number of rotatable bonds is 3. The third kappa shape index (κ3) is 2.35. The zero-order chi connectivity index (χ0) is 16.7. The van der Waals surface area contributed by atoms with Crippen molar-refractivity contribution in [3.63, 3.8) is 0 Å². The fraction of sp³-hybridized carbons (Fsp3) is 0.333. The molecule has 2 aliphatic heterocycles. The first-order valence-electron chi connectivity index (χ1n) is 8.27. The lowest BCUT2D eigenvalue weighted by Crippen LogP contribution is -2.49. The van der Waals surface area contributed by atoms with Crippen molar-refractivity contribution >= 4 is 28.3 Å². The maximum absolute atomic E-state index is 12.8. The Balaban J connectivity index is 1.66. The van der Waals surface area contributed by atoms with Gasteiger partial charge in [0.2, 0.25) is 0 Å². The molecule has 0 aliphatic carbocycles. The third-order valence-electron chi connectivity index (χ3n) is 4.87. The molecule has 2 heterocycles. The first-order chi connectivity index (χ1) is 11.7. The highest BCUT2D eigenvalue weighted by Gasteiger charge is 2.33. The number of carbonyl (C=O) groups is 2. The minimum absolute atomic E-state index is 0.223. The number of nitrogens with zero attached hydrogens (tertiary/aromatic N) is 2. The van der Waals surface area contributed by atoms with Crippen LogP contribution in [-0.2, 0) is 0 Å². The molecule has 2 aromatic carbocycles. The average molecular weight is 324 g/mol. The first kappa shape index (κ1) is 15.1. The largest absolute Gasteiger partial charge is 0.398 e. The SMILES string of the molecule is Nc1ccc2c3c(cccc13)C(=O)N(CCN1CCNCC1)C2=O. The second-order valence-electron chi connectivity index (χ2n) is 6.28. The first-order valence-corrected chi connectivity index (χ1v) is 8.27. The van der Waals surface area contributed by atoms with E-state index < -0.39 is 0 Å². The highest BCUT2D eigenvalue weighted by Crippen LogP contribution is 2.33. The maximum atomic E-state index is 12.8. The number of hydrogen-bond acceptors (Lipinski definition) is 5. The molecule has 124 valence electrons. The van der Waals surface area contributed by atoms with Crippen molar-refractivity contribution < 1.29 is 9.59 Å². The van der Waals surface area contributed by atoms with E-state index in [1.807, 2.05) is 12.1 Å². The van der Waals surface area contributed by atoms with Crippen LogP contribution in [0.25, 0.3) is 10.8 Å². The number of benzene rings is 2. The summed E-state index contributed by atoms with van der Waals surface area (Å²) in [5, 5.41) is 4.76. The molecule has 0 radical (unpaired) electrons. The highest BCUT2D eigenvalue weighted by atomic mass is 16.2. The molecule has 24 heavy (non-hydrogen) atoms. The van der Waals surface area contributed by atoms with Gasteiger partial charge in [-0.05, 0) is 18.2 Å². The van der Waals surface area contributed by atoms with Crippen LogP contribution in [0.3, 0.4) is 0 Å². The van der Waals surface area contributed by atoms with Crippen molar-refractivity contribution in [2.24, 2.45) is 0 Å². The Morgan fingerprint density at radius 2 is 1.67 bits per heavy atom. The topological polar surface area (TPSA) is 78.7 Å². The number of piperazine rings is 1. The van der Waals surface area contributed by atoms with E-state index in [1.54, 1.807) is 18.2 Å². The number of anilines is 1. The highest BCUT2D eigenvalue weighted by molar-refractivity contribution is 6.26. The van der Waals surface area contributed by atoms with Crippen LogP contribution in [-0.4, -0.2) is 60.9 Å². The van der Waals surface area contributed by atoms with Gasteiger partial charge >= 0.3 is 0 Å². The van der Waals surface area contributed by atoms with Gasteiger partial charge in [0.25, 0.3) is 11.8 Å². The number of carbonyl (C=O) groups excluding carboxylic acids is 2. The second kappa shape index (κ2) is 5.89. The predicted molar refractivity (Wildman–Crippen MR) is 93.0 cm³/mol. The van der Waals surface area contributed by atoms with Crippen molar-refractivity contribution in [1.29, 1.82) is 0 Å². The summed E-state index contributed by atoms with van der Waals surface area (Å²) in [4.78, 5) is 29.3. The molecule has 4 rings (SSSR count). The van der Waals surface area contributed by atoms with Gasteiger partial charge in [0.05, 0.1) is 0 Å². The van der Waals surface area contributed by atoms with Gasteiger partial charge in [-0.15, -0.1) is 0 Å². The number of nitrogens with one attached hydrogen (secondary N) is 1. The fourth-order valence-electron chi connectivity index (χ4n) is 3.55. The molecule has 0 saturated carbocycles. The summed E-state index contributed by atoms with van der Waals surface area (Å²) in [7, 11) is 0. The van der Waals surface area contributed by atoms with Crippen LogP contribution in [0.15, 0.2) is 30.3 Å².